The highest BCUT2D eigenvalue weighted by molar-refractivity contribution is 5.09. The molecule has 24 heavy (non-hydrogen) atoms. The smallest absolute Gasteiger partial charge is 0.0543 e. The molecule has 5 fully saturated rings. The number of aliphatic hydroxyl groups is 2. The standard InChI is InChI=1S/C20H34N2O2/c23-13-3-5-15-11(9-13)1-7-17-19(15)22-18-8-2-12-10-14(24)4-6-16(12)20(18)21-17/h11-24H,1-10H2. The average Bonchev–Trinajstić information content (AvgIpc) is 2.59. The summed E-state index contributed by atoms with van der Waals surface area (Å²) in [6, 6.07) is 2.52. The van der Waals surface area contributed by atoms with Crippen LogP contribution in [0.15, 0.2) is 0 Å². The number of rotatable bonds is 0. The number of aliphatic hydroxyl groups excluding tert-OH is 2. The van der Waals surface area contributed by atoms with E-state index < -0.39 is 0 Å². The first-order valence-electron chi connectivity index (χ1n) is 10.6. The third-order valence-electron chi connectivity index (χ3n) is 8.33. The Morgan fingerprint density at radius 2 is 1.00 bits per heavy atom. The highest BCUT2D eigenvalue weighted by Gasteiger charge is 2.51. The highest BCUT2D eigenvalue weighted by Crippen LogP contribution is 2.46. The molecule has 10 atom stereocenters. The van der Waals surface area contributed by atoms with Gasteiger partial charge in [0.25, 0.3) is 0 Å². The molecule has 4 aliphatic carbocycles. The van der Waals surface area contributed by atoms with E-state index in [1.165, 1.54) is 38.5 Å². The van der Waals surface area contributed by atoms with Crippen molar-refractivity contribution in [1.29, 1.82) is 0 Å². The molecular formula is C20H34N2O2. The van der Waals surface area contributed by atoms with Crippen LogP contribution in [0.5, 0.6) is 0 Å². The minimum absolute atomic E-state index is 0.0452. The van der Waals surface area contributed by atoms with E-state index in [0.717, 1.165) is 49.4 Å². The maximum absolute atomic E-state index is 10.0. The third kappa shape index (κ3) is 2.65. The first kappa shape index (κ1) is 16.0. The second-order valence-corrected chi connectivity index (χ2v) is 9.53. The Hall–Kier alpha value is -0.160. The molecular weight excluding hydrogens is 300 g/mol. The number of piperazine rings is 1. The van der Waals surface area contributed by atoms with Gasteiger partial charge in [-0.3, -0.25) is 0 Å². The van der Waals surface area contributed by atoms with Gasteiger partial charge in [0.2, 0.25) is 0 Å². The molecule has 136 valence electrons. The van der Waals surface area contributed by atoms with Gasteiger partial charge in [0.1, 0.15) is 0 Å². The number of fused-ring (bicyclic) bond motifs is 6. The Bertz CT molecular complexity index is 431. The predicted octanol–water partition coefficient (Wildman–Crippen LogP) is 1.80. The summed E-state index contributed by atoms with van der Waals surface area (Å²) in [6.45, 7) is 0. The summed E-state index contributed by atoms with van der Waals surface area (Å²) < 4.78 is 0. The van der Waals surface area contributed by atoms with Crippen molar-refractivity contribution in [3.8, 4) is 0 Å². The maximum Gasteiger partial charge on any atom is 0.0543 e. The Labute approximate surface area is 145 Å². The van der Waals surface area contributed by atoms with Crippen LogP contribution in [0, 0.1) is 23.7 Å². The Balaban J connectivity index is 1.32. The molecule has 1 saturated heterocycles. The molecule has 0 aromatic heterocycles. The Kier molecular flexibility index (Phi) is 4.16. The summed E-state index contributed by atoms with van der Waals surface area (Å²) >= 11 is 0. The summed E-state index contributed by atoms with van der Waals surface area (Å²) in [5.74, 6) is 3.02. The van der Waals surface area contributed by atoms with Gasteiger partial charge >= 0.3 is 0 Å². The zero-order valence-corrected chi connectivity index (χ0v) is 14.7. The van der Waals surface area contributed by atoms with E-state index in [1.807, 2.05) is 0 Å². The van der Waals surface area contributed by atoms with Gasteiger partial charge in [-0.1, -0.05) is 0 Å². The van der Waals surface area contributed by atoms with Crippen LogP contribution < -0.4 is 10.6 Å². The molecule has 1 aliphatic heterocycles. The number of hydrogen-bond acceptors (Lipinski definition) is 4. The lowest BCUT2D eigenvalue weighted by Crippen LogP contribution is -2.73. The molecule has 10 unspecified atom stereocenters. The van der Waals surface area contributed by atoms with E-state index in [4.69, 9.17) is 0 Å². The zero-order valence-electron chi connectivity index (χ0n) is 14.7. The lowest BCUT2D eigenvalue weighted by molar-refractivity contribution is -0.0327. The molecule has 4 saturated carbocycles. The molecule has 0 spiro atoms. The van der Waals surface area contributed by atoms with E-state index in [0.29, 0.717) is 24.2 Å². The first-order chi connectivity index (χ1) is 11.7. The van der Waals surface area contributed by atoms with Gasteiger partial charge in [-0.25, -0.2) is 0 Å². The van der Waals surface area contributed by atoms with Crippen LogP contribution >= 0.6 is 0 Å². The van der Waals surface area contributed by atoms with E-state index in [2.05, 4.69) is 10.6 Å². The zero-order chi connectivity index (χ0) is 16.3. The molecule has 0 aromatic rings. The first-order valence-corrected chi connectivity index (χ1v) is 10.6. The van der Waals surface area contributed by atoms with Crippen molar-refractivity contribution in [2.24, 2.45) is 23.7 Å². The Morgan fingerprint density at radius 1 is 0.542 bits per heavy atom. The molecule has 5 aliphatic rings. The fourth-order valence-electron chi connectivity index (χ4n) is 7.23. The van der Waals surface area contributed by atoms with E-state index in [-0.39, 0.29) is 12.2 Å². The minimum Gasteiger partial charge on any atom is -0.393 e. The molecule has 0 amide bonds. The molecule has 4 N–H and O–H groups in total. The normalized spacial score (nSPS) is 57.2. The van der Waals surface area contributed by atoms with Crippen molar-refractivity contribution in [1.82, 2.24) is 10.6 Å². The van der Waals surface area contributed by atoms with Crippen molar-refractivity contribution >= 4 is 0 Å². The quantitative estimate of drug-likeness (QED) is 0.545. The van der Waals surface area contributed by atoms with Crippen LogP contribution in [-0.2, 0) is 0 Å². The fraction of sp³-hybridized carbons (Fsp3) is 1.00. The Morgan fingerprint density at radius 3 is 1.46 bits per heavy atom. The number of nitrogens with one attached hydrogen (secondary N) is 2. The van der Waals surface area contributed by atoms with Gasteiger partial charge < -0.3 is 20.8 Å². The van der Waals surface area contributed by atoms with Gasteiger partial charge in [-0.15, -0.1) is 0 Å². The van der Waals surface area contributed by atoms with E-state index in [9.17, 15) is 10.2 Å². The van der Waals surface area contributed by atoms with E-state index in [1.54, 1.807) is 0 Å². The van der Waals surface area contributed by atoms with Gasteiger partial charge in [0, 0.05) is 24.2 Å². The lowest BCUT2D eigenvalue weighted by Gasteiger charge is -2.57. The molecule has 5 rings (SSSR count). The summed E-state index contributed by atoms with van der Waals surface area (Å²) in [5.41, 5.74) is 0. The van der Waals surface area contributed by atoms with Gasteiger partial charge in [0.05, 0.1) is 12.2 Å². The average molecular weight is 335 g/mol. The predicted molar refractivity (Wildman–Crippen MR) is 93.6 cm³/mol. The minimum atomic E-state index is -0.0452. The van der Waals surface area contributed by atoms with Crippen LogP contribution in [0.2, 0.25) is 0 Å². The van der Waals surface area contributed by atoms with Crippen molar-refractivity contribution in [2.45, 2.75) is 101 Å². The lowest BCUT2D eigenvalue weighted by atomic mass is 9.61. The fourth-order valence-corrected chi connectivity index (χ4v) is 7.23. The second-order valence-electron chi connectivity index (χ2n) is 9.53. The second kappa shape index (κ2) is 6.22. The van der Waals surface area contributed by atoms with Gasteiger partial charge in [-0.05, 0) is 87.9 Å². The third-order valence-corrected chi connectivity index (χ3v) is 8.33. The summed E-state index contributed by atoms with van der Waals surface area (Å²) in [7, 11) is 0. The van der Waals surface area contributed by atoms with Crippen LogP contribution in [0.3, 0.4) is 0 Å². The SMILES string of the molecule is OC1CCC2C(CCC3NC4C(CCC5CC(O)CCC54)NC32)C1. The van der Waals surface area contributed by atoms with Crippen LogP contribution in [0.4, 0.5) is 0 Å². The topological polar surface area (TPSA) is 64.5 Å². The van der Waals surface area contributed by atoms with Crippen molar-refractivity contribution in [3.63, 3.8) is 0 Å². The highest BCUT2D eigenvalue weighted by atomic mass is 16.3. The molecule has 1 heterocycles. The van der Waals surface area contributed by atoms with Crippen molar-refractivity contribution in [3.05, 3.63) is 0 Å². The summed E-state index contributed by atoms with van der Waals surface area (Å²) in [5, 5.41) is 28.3. The van der Waals surface area contributed by atoms with Crippen molar-refractivity contribution in [2.75, 3.05) is 0 Å². The number of hydrogen-bond donors (Lipinski definition) is 4. The largest absolute Gasteiger partial charge is 0.393 e. The summed E-state index contributed by atoms with van der Waals surface area (Å²) in [4.78, 5) is 0. The monoisotopic (exact) mass is 334 g/mol. The molecule has 4 nitrogen and oxygen atoms in total. The van der Waals surface area contributed by atoms with Crippen LogP contribution in [-0.4, -0.2) is 46.6 Å². The maximum atomic E-state index is 10.0. The molecule has 4 heteroatoms. The van der Waals surface area contributed by atoms with E-state index >= 15 is 0 Å². The van der Waals surface area contributed by atoms with Crippen LogP contribution in [0.1, 0.15) is 64.2 Å². The molecule has 0 radical (unpaired) electrons. The van der Waals surface area contributed by atoms with Gasteiger partial charge in [0.15, 0.2) is 0 Å². The summed E-state index contributed by atoms with van der Waals surface area (Å²) in [6.07, 6.45) is 11.5. The van der Waals surface area contributed by atoms with Gasteiger partial charge in [-0.2, -0.15) is 0 Å². The van der Waals surface area contributed by atoms with Crippen molar-refractivity contribution < 1.29 is 10.2 Å². The van der Waals surface area contributed by atoms with Crippen LogP contribution in [0.25, 0.3) is 0 Å². The molecule has 0 bridgehead atoms. The molecule has 0 aromatic carbocycles.